The Labute approximate surface area is 113 Å². The number of thiazole rings is 1. The molecule has 0 aliphatic heterocycles. The molecule has 96 valence electrons. The van der Waals surface area contributed by atoms with Gasteiger partial charge in [0.1, 0.15) is 6.33 Å². The minimum Gasteiger partial charge on any atom is -0.273 e. The maximum atomic E-state index is 11.9. The first-order valence-corrected chi connectivity index (χ1v) is 6.73. The van der Waals surface area contributed by atoms with E-state index in [4.69, 9.17) is 0 Å². The van der Waals surface area contributed by atoms with Crippen LogP contribution in [0, 0.1) is 6.92 Å². The third-order valence-electron chi connectivity index (χ3n) is 2.71. The van der Waals surface area contributed by atoms with Gasteiger partial charge in [-0.1, -0.05) is 12.1 Å². The van der Waals surface area contributed by atoms with Crippen LogP contribution in [0.25, 0.3) is 11.0 Å². The van der Waals surface area contributed by atoms with Crippen molar-refractivity contribution in [3.8, 4) is 0 Å². The Morgan fingerprint density at radius 3 is 3.05 bits per heavy atom. The number of rotatable bonds is 3. The predicted octanol–water partition coefficient (Wildman–Crippen LogP) is 2.11. The highest BCUT2D eigenvalue weighted by Crippen LogP contribution is 2.11. The van der Waals surface area contributed by atoms with Crippen molar-refractivity contribution >= 4 is 28.3 Å². The molecular weight excluding hydrogens is 260 g/mol. The van der Waals surface area contributed by atoms with Crippen LogP contribution in [0.4, 0.5) is 0 Å². The Morgan fingerprint density at radius 2 is 2.26 bits per heavy atom. The summed E-state index contributed by atoms with van der Waals surface area (Å²) in [7, 11) is 0. The molecule has 0 spiro atoms. The molecule has 0 fully saturated rings. The van der Waals surface area contributed by atoms with Crippen LogP contribution in [0.5, 0.6) is 0 Å². The van der Waals surface area contributed by atoms with Crippen LogP contribution in [0.15, 0.2) is 36.0 Å². The second-order valence-electron chi connectivity index (χ2n) is 4.17. The molecular formula is C13H12N4OS. The molecule has 6 heteroatoms. The molecule has 0 saturated heterocycles. The van der Waals surface area contributed by atoms with E-state index in [2.05, 4.69) is 15.4 Å². The zero-order valence-corrected chi connectivity index (χ0v) is 11.1. The smallest absolute Gasteiger partial charge is 0.244 e. The first-order valence-electron chi connectivity index (χ1n) is 5.85. The fourth-order valence-corrected chi connectivity index (χ4v) is 2.49. The van der Waals surface area contributed by atoms with Crippen molar-refractivity contribution in [1.82, 2.24) is 14.6 Å². The lowest BCUT2D eigenvalue weighted by molar-refractivity contribution is -0.116. The molecule has 0 unspecified atom stereocenters. The molecule has 0 radical (unpaired) electrons. The Bertz CT molecular complexity index is 731. The maximum Gasteiger partial charge on any atom is 0.244 e. The van der Waals surface area contributed by atoms with Gasteiger partial charge in [-0.2, -0.15) is 0 Å². The van der Waals surface area contributed by atoms with E-state index in [1.807, 2.05) is 36.6 Å². The standard InChI is InChI=1S/C13H12N4OS/c1-9-15-10(7-19-9)6-13(18)16-17-8-14-11-4-2-3-5-12(11)17/h2-5,7-8H,6H2,1H3,(H,16,18). The molecule has 2 heterocycles. The molecule has 5 nitrogen and oxygen atoms in total. The van der Waals surface area contributed by atoms with Gasteiger partial charge in [0, 0.05) is 5.38 Å². The van der Waals surface area contributed by atoms with Crippen LogP contribution in [0.3, 0.4) is 0 Å². The van der Waals surface area contributed by atoms with E-state index < -0.39 is 0 Å². The number of aryl methyl sites for hydroxylation is 1. The predicted molar refractivity (Wildman–Crippen MR) is 74.7 cm³/mol. The molecule has 1 aromatic carbocycles. The van der Waals surface area contributed by atoms with Gasteiger partial charge in [0.2, 0.25) is 5.91 Å². The molecule has 1 amide bonds. The average Bonchev–Trinajstić information content (AvgIpc) is 2.97. The first-order chi connectivity index (χ1) is 9.22. The lowest BCUT2D eigenvalue weighted by atomic mass is 10.3. The van der Waals surface area contributed by atoms with Gasteiger partial charge in [-0.3, -0.25) is 10.2 Å². The van der Waals surface area contributed by atoms with E-state index in [-0.39, 0.29) is 12.3 Å². The summed E-state index contributed by atoms with van der Waals surface area (Å²) in [5, 5.41) is 2.87. The minimum atomic E-state index is -0.103. The Balaban J connectivity index is 1.76. The van der Waals surface area contributed by atoms with Crippen molar-refractivity contribution in [1.29, 1.82) is 0 Å². The molecule has 19 heavy (non-hydrogen) atoms. The molecule has 3 rings (SSSR count). The molecule has 0 saturated carbocycles. The van der Waals surface area contributed by atoms with Crippen LogP contribution in [-0.4, -0.2) is 20.6 Å². The summed E-state index contributed by atoms with van der Waals surface area (Å²) >= 11 is 1.55. The van der Waals surface area contributed by atoms with E-state index in [1.54, 1.807) is 22.3 Å². The van der Waals surface area contributed by atoms with Crippen molar-refractivity contribution in [2.75, 3.05) is 5.43 Å². The van der Waals surface area contributed by atoms with E-state index in [1.165, 1.54) is 0 Å². The highest BCUT2D eigenvalue weighted by Gasteiger charge is 2.08. The number of benzene rings is 1. The van der Waals surface area contributed by atoms with Crippen molar-refractivity contribution in [2.45, 2.75) is 13.3 Å². The number of carbonyl (C=O) groups is 1. The van der Waals surface area contributed by atoms with Gasteiger partial charge < -0.3 is 0 Å². The zero-order chi connectivity index (χ0) is 13.2. The number of aromatic nitrogens is 3. The van der Waals surface area contributed by atoms with Crippen LogP contribution < -0.4 is 5.43 Å². The second kappa shape index (κ2) is 4.81. The summed E-state index contributed by atoms with van der Waals surface area (Å²) in [6.45, 7) is 1.93. The summed E-state index contributed by atoms with van der Waals surface area (Å²) in [4.78, 5) is 20.4. The molecule has 0 aliphatic rings. The number of fused-ring (bicyclic) bond motifs is 1. The van der Waals surface area contributed by atoms with Gasteiger partial charge in [-0.15, -0.1) is 11.3 Å². The maximum absolute atomic E-state index is 11.9. The average molecular weight is 272 g/mol. The topological polar surface area (TPSA) is 59.8 Å². The minimum absolute atomic E-state index is 0.103. The van der Waals surface area contributed by atoms with Gasteiger partial charge in [0.15, 0.2) is 0 Å². The van der Waals surface area contributed by atoms with E-state index in [0.717, 1.165) is 21.7 Å². The fourth-order valence-electron chi connectivity index (χ4n) is 1.88. The summed E-state index contributed by atoms with van der Waals surface area (Å²) < 4.78 is 1.64. The number of nitrogens with zero attached hydrogens (tertiary/aromatic N) is 3. The van der Waals surface area contributed by atoms with Crippen molar-refractivity contribution in [3.05, 3.63) is 46.7 Å². The van der Waals surface area contributed by atoms with Crippen molar-refractivity contribution in [3.63, 3.8) is 0 Å². The quantitative estimate of drug-likeness (QED) is 0.794. The second-order valence-corrected chi connectivity index (χ2v) is 5.24. The summed E-state index contributed by atoms with van der Waals surface area (Å²) in [5.41, 5.74) is 5.33. The normalized spacial score (nSPS) is 10.8. The molecule has 2 aromatic heterocycles. The highest BCUT2D eigenvalue weighted by atomic mass is 32.1. The molecule has 1 N–H and O–H groups in total. The van der Waals surface area contributed by atoms with Crippen molar-refractivity contribution < 1.29 is 4.79 Å². The summed E-state index contributed by atoms with van der Waals surface area (Å²) in [6.07, 6.45) is 1.88. The Morgan fingerprint density at radius 1 is 1.42 bits per heavy atom. The summed E-state index contributed by atoms with van der Waals surface area (Å²) in [5.74, 6) is -0.103. The van der Waals surface area contributed by atoms with Gasteiger partial charge in [0.25, 0.3) is 0 Å². The third kappa shape index (κ3) is 2.48. The lowest BCUT2D eigenvalue weighted by Crippen LogP contribution is -2.23. The molecule has 3 aromatic rings. The number of imidazole rings is 1. The number of hydrogen-bond donors (Lipinski definition) is 1. The van der Waals surface area contributed by atoms with Crippen LogP contribution in [0.2, 0.25) is 0 Å². The fraction of sp³-hybridized carbons (Fsp3) is 0.154. The van der Waals surface area contributed by atoms with Gasteiger partial charge in [-0.05, 0) is 19.1 Å². The third-order valence-corrected chi connectivity index (χ3v) is 3.53. The number of carbonyl (C=O) groups excluding carboxylic acids is 1. The monoisotopic (exact) mass is 272 g/mol. The molecule has 0 aliphatic carbocycles. The van der Waals surface area contributed by atoms with E-state index in [0.29, 0.717) is 0 Å². The molecule has 0 bridgehead atoms. The van der Waals surface area contributed by atoms with E-state index in [9.17, 15) is 4.79 Å². The zero-order valence-electron chi connectivity index (χ0n) is 10.3. The van der Waals surface area contributed by atoms with Crippen LogP contribution in [0.1, 0.15) is 10.7 Å². The number of nitrogens with one attached hydrogen (secondary N) is 1. The first kappa shape index (κ1) is 11.9. The largest absolute Gasteiger partial charge is 0.273 e. The van der Waals surface area contributed by atoms with E-state index >= 15 is 0 Å². The van der Waals surface area contributed by atoms with Gasteiger partial charge in [0.05, 0.1) is 28.2 Å². The van der Waals surface area contributed by atoms with Crippen LogP contribution >= 0.6 is 11.3 Å². The lowest BCUT2D eigenvalue weighted by Gasteiger charge is -2.05. The Kier molecular flexibility index (Phi) is 3.00. The molecule has 0 atom stereocenters. The highest BCUT2D eigenvalue weighted by molar-refractivity contribution is 7.09. The summed E-state index contributed by atoms with van der Waals surface area (Å²) in [6, 6.07) is 7.65. The SMILES string of the molecule is Cc1nc(CC(=O)Nn2cnc3ccccc32)cs1. The number of para-hydroxylation sites is 2. The Hall–Kier alpha value is -2.21. The number of hydrogen-bond acceptors (Lipinski definition) is 4. The van der Waals surface area contributed by atoms with Crippen LogP contribution in [-0.2, 0) is 11.2 Å². The number of amides is 1. The van der Waals surface area contributed by atoms with Crippen molar-refractivity contribution in [2.24, 2.45) is 0 Å². The van der Waals surface area contributed by atoms with Gasteiger partial charge in [-0.25, -0.2) is 14.6 Å². The van der Waals surface area contributed by atoms with Gasteiger partial charge >= 0.3 is 0 Å².